The summed E-state index contributed by atoms with van der Waals surface area (Å²) >= 11 is 0. The van der Waals surface area contributed by atoms with E-state index in [0.29, 0.717) is 0 Å². The molecular weight excluding hydrogens is 230 g/mol. The predicted molar refractivity (Wildman–Crippen MR) is 71.1 cm³/mol. The monoisotopic (exact) mass is 251 g/mol. The standard InChI is InChI=1S/C13H21N3O2/c1-3-16-7-8-18-11(10-16)9-15-13-12(17-2)5-4-6-14-13/h4-6,11H,3,7-10H2,1-2H3,(H,14,15). The van der Waals surface area contributed by atoms with Crippen molar-refractivity contribution in [3.63, 3.8) is 0 Å². The SMILES string of the molecule is CCN1CCOC(CNc2ncccc2OC)C1. The number of hydrogen-bond donors (Lipinski definition) is 1. The molecule has 0 bridgehead atoms. The van der Waals surface area contributed by atoms with Gasteiger partial charge >= 0.3 is 0 Å². The topological polar surface area (TPSA) is 46.6 Å². The fourth-order valence-corrected chi connectivity index (χ4v) is 2.09. The zero-order chi connectivity index (χ0) is 12.8. The Morgan fingerprint density at radius 2 is 2.50 bits per heavy atom. The van der Waals surface area contributed by atoms with Gasteiger partial charge in [0.05, 0.1) is 19.8 Å². The van der Waals surface area contributed by atoms with E-state index >= 15 is 0 Å². The number of methoxy groups -OCH3 is 1. The molecule has 1 saturated heterocycles. The summed E-state index contributed by atoms with van der Waals surface area (Å²) in [7, 11) is 1.65. The van der Waals surface area contributed by atoms with Gasteiger partial charge in [0.25, 0.3) is 0 Å². The highest BCUT2D eigenvalue weighted by molar-refractivity contribution is 5.49. The van der Waals surface area contributed by atoms with Crippen molar-refractivity contribution in [1.29, 1.82) is 0 Å². The molecule has 1 aromatic rings. The minimum Gasteiger partial charge on any atom is -0.493 e. The summed E-state index contributed by atoms with van der Waals surface area (Å²) in [5.74, 6) is 1.54. The first-order valence-corrected chi connectivity index (χ1v) is 6.40. The molecule has 2 heterocycles. The number of anilines is 1. The maximum Gasteiger partial charge on any atom is 0.168 e. The highest BCUT2D eigenvalue weighted by atomic mass is 16.5. The molecule has 0 amide bonds. The van der Waals surface area contributed by atoms with E-state index in [1.807, 2.05) is 12.1 Å². The first kappa shape index (κ1) is 13.1. The molecule has 0 spiro atoms. The molecule has 1 unspecified atom stereocenters. The van der Waals surface area contributed by atoms with E-state index in [2.05, 4.69) is 22.1 Å². The zero-order valence-corrected chi connectivity index (χ0v) is 11.1. The lowest BCUT2D eigenvalue weighted by molar-refractivity contribution is -0.0192. The van der Waals surface area contributed by atoms with Crippen molar-refractivity contribution in [2.75, 3.05) is 45.2 Å². The summed E-state index contributed by atoms with van der Waals surface area (Å²) in [6.07, 6.45) is 1.97. The fraction of sp³-hybridized carbons (Fsp3) is 0.615. The van der Waals surface area contributed by atoms with Crippen molar-refractivity contribution in [3.05, 3.63) is 18.3 Å². The predicted octanol–water partition coefficient (Wildman–Crippen LogP) is 1.22. The number of morpholine rings is 1. The molecule has 0 radical (unpaired) electrons. The highest BCUT2D eigenvalue weighted by Gasteiger charge is 2.19. The fourth-order valence-electron chi connectivity index (χ4n) is 2.09. The number of pyridine rings is 1. The van der Waals surface area contributed by atoms with E-state index in [9.17, 15) is 0 Å². The second-order valence-electron chi connectivity index (χ2n) is 4.32. The maximum atomic E-state index is 5.73. The summed E-state index contributed by atoms with van der Waals surface area (Å²) in [4.78, 5) is 6.66. The maximum absolute atomic E-state index is 5.73. The lowest BCUT2D eigenvalue weighted by Gasteiger charge is -2.32. The molecule has 2 rings (SSSR count). The van der Waals surface area contributed by atoms with Crippen molar-refractivity contribution in [1.82, 2.24) is 9.88 Å². The Labute approximate surface area is 108 Å². The van der Waals surface area contributed by atoms with Crippen LogP contribution in [-0.4, -0.2) is 55.9 Å². The number of likely N-dealkylation sites (N-methyl/N-ethyl adjacent to an activating group) is 1. The molecule has 1 aromatic heterocycles. The van der Waals surface area contributed by atoms with Crippen LogP contribution in [0.2, 0.25) is 0 Å². The van der Waals surface area contributed by atoms with Crippen LogP contribution >= 0.6 is 0 Å². The second kappa shape index (κ2) is 6.56. The van der Waals surface area contributed by atoms with Crippen molar-refractivity contribution < 1.29 is 9.47 Å². The molecule has 1 fully saturated rings. The first-order valence-electron chi connectivity index (χ1n) is 6.40. The molecule has 1 atom stereocenters. The minimum absolute atomic E-state index is 0.213. The lowest BCUT2D eigenvalue weighted by Crippen LogP contribution is -2.45. The second-order valence-corrected chi connectivity index (χ2v) is 4.32. The Hall–Kier alpha value is -1.33. The van der Waals surface area contributed by atoms with Gasteiger partial charge in [-0.25, -0.2) is 4.98 Å². The average molecular weight is 251 g/mol. The van der Waals surface area contributed by atoms with Gasteiger partial charge in [0.1, 0.15) is 0 Å². The third-order valence-electron chi connectivity index (χ3n) is 3.16. The highest BCUT2D eigenvalue weighted by Crippen LogP contribution is 2.20. The molecular formula is C13H21N3O2. The van der Waals surface area contributed by atoms with Gasteiger partial charge in [-0.1, -0.05) is 6.92 Å². The van der Waals surface area contributed by atoms with Crippen LogP contribution in [0, 0.1) is 0 Å². The molecule has 1 N–H and O–H groups in total. The smallest absolute Gasteiger partial charge is 0.168 e. The van der Waals surface area contributed by atoms with Crippen LogP contribution in [0.25, 0.3) is 0 Å². The van der Waals surface area contributed by atoms with E-state index in [1.165, 1.54) is 0 Å². The first-order chi connectivity index (χ1) is 8.83. The van der Waals surface area contributed by atoms with Gasteiger partial charge in [-0.3, -0.25) is 4.90 Å². The Balaban J connectivity index is 1.87. The van der Waals surface area contributed by atoms with Gasteiger partial charge in [-0.15, -0.1) is 0 Å². The summed E-state index contributed by atoms with van der Waals surface area (Å²) in [5.41, 5.74) is 0. The summed E-state index contributed by atoms with van der Waals surface area (Å²) in [6.45, 7) is 6.81. The van der Waals surface area contributed by atoms with E-state index in [4.69, 9.17) is 9.47 Å². The third-order valence-corrected chi connectivity index (χ3v) is 3.16. The Morgan fingerprint density at radius 3 is 3.28 bits per heavy atom. The molecule has 5 nitrogen and oxygen atoms in total. The van der Waals surface area contributed by atoms with Crippen LogP contribution in [0.1, 0.15) is 6.92 Å². The van der Waals surface area contributed by atoms with Crippen molar-refractivity contribution >= 4 is 5.82 Å². The molecule has 0 aliphatic carbocycles. The third kappa shape index (κ3) is 3.34. The summed E-state index contributed by atoms with van der Waals surface area (Å²) in [6, 6.07) is 3.76. The van der Waals surface area contributed by atoms with Gasteiger partial charge in [-0.05, 0) is 18.7 Å². The van der Waals surface area contributed by atoms with Crippen LogP contribution < -0.4 is 10.1 Å². The minimum atomic E-state index is 0.213. The number of nitrogens with zero attached hydrogens (tertiary/aromatic N) is 2. The number of aromatic nitrogens is 1. The number of ether oxygens (including phenoxy) is 2. The van der Waals surface area contributed by atoms with Crippen LogP contribution in [-0.2, 0) is 4.74 Å². The van der Waals surface area contributed by atoms with Crippen LogP contribution in [0.5, 0.6) is 5.75 Å². The van der Waals surface area contributed by atoms with Crippen molar-refractivity contribution in [2.24, 2.45) is 0 Å². The van der Waals surface area contributed by atoms with Gasteiger partial charge in [0, 0.05) is 25.8 Å². The van der Waals surface area contributed by atoms with E-state index in [1.54, 1.807) is 13.3 Å². The van der Waals surface area contributed by atoms with E-state index < -0.39 is 0 Å². The van der Waals surface area contributed by atoms with E-state index in [-0.39, 0.29) is 6.10 Å². The average Bonchev–Trinajstić information content (AvgIpc) is 2.45. The van der Waals surface area contributed by atoms with Gasteiger partial charge < -0.3 is 14.8 Å². The largest absolute Gasteiger partial charge is 0.493 e. The Morgan fingerprint density at radius 1 is 1.61 bits per heavy atom. The van der Waals surface area contributed by atoms with E-state index in [0.717, 1.165) is 44.4 Å². The van der Waals surface area contributed by atoms with Gasteiger partial charge in [0.15, 0.2) is 11.6 Å². The molecule has 0 aromatic carbocycles. The number of nitrogens with one attached hydrogen (secondary N) is 1. The molecule has 1 aliphatic heterocycles. The number of hydrogen-bond acceptors (Lipinski definition) is 5. The zero-order valence-electron chi connectivity index (χ0n) is 11.1. The summed E-state index contributed by atoms with van der Waals surface area (Å²) in [5, 5.41) is 3.29. The van der Waals surface area contributed by atoms with Gasteiger partial charge in [0.2, 0.25) is 0 Å². The lowest BCUT2D eigenvalue weighted by atomic mass is 10.2. The molecule has 5 heteroatoms. The van der Waals surface area contributed by atoms with Gasteiger partial charge in [-0.2, -0.15) is 0 Å². The van der Waals surface area contributed by atoms with Crippen LogP contribution in [0.15, 0.2) is 18.3 Å². The van der Waals surface area contributed by atoms with Crippen molar-refractivity contribution in [3.8, 4) is 5.75 Å². The number of rotatable bonds is 5. The molecule has 100 valence electrons. The Bertz CT molecular complexity index is 373. The van der Waals surface area contributed by atoms with Crippen LogP contribution in [0.3, 0.4) is 0 Å². The van der Waals surface area contributed by atoms with Crippen molar-refractivity contribution in [2.45, 2.75) is 13.0 Å². The molecule has 0 saturated carbocycles. The van der Waals surface area contributed by atoms with Crippen LogP contribution in [0.4, 0.5) is 5.82 Å². The Kier molecular flexibility index (Phi) is 4.78. The molecule has 1 aliphatic rings. The molecule has 18 heavy (non-hydrogen) atoms. The normalized spacial score (nSPS) is 20.7. The quantitative estimate of drug-likeness (QED) is 0.852. The summed E-state index contributed by atoms with van der Waals surface area (Å²) < 4.78 is 11.0.